The number of ether oxygens (including phenoxy) is 2. The highest BCUT2D eigenvalue weighted by Crippen LogP contribution is 2.40. The molecule has 1 atom stereocenters. The number of amides is 2. The number of carbonyl (C=O) groups is 2. The number of hydrogen-bond acceptors (Lipinski definition) is 4. The van der Waals surface area contributed by atoms with Gasteiger partial charge in [-0.15, -0.1) is 0 Å². The van der Waals surface area contributed by atoms with Crippen molar-refractivity contribution in [2.75, 3.05) is 27.3 Å². The molecule has 1 unspecified atom stereocenters. The van der Waals surface area contributed by atoms with Crippen molar-refractivity contribution >= 4 is 22.7 Å². The second-order valence-electron chi connectivity index (χ2n) is 6.96. The van der Waals surface area contributed by atoms with Crippen molar-refractivity contribution in [3.05, 3.63) is 59.8 Å². The number of methoxy groups -OCH3 is 2. The molecule has 0 spiro atoms. The molecule has 0 saturated carbocycles. The van der Waals surface area contributed by atoms with Crippen LogP contribution < -0.4 is 20.1 Å². The summed E-state index contributed by atoms with van der Waals surface area (Å²) in [4.78, 5) is 26.7. The zero-order valence-electron chi connectivity index (χ0n) is 17.5. The molecule has 0 aliphatic carbocycles. The molecule has 0 aliphatic rings. The van der Waals surface area contributed by atoms with Gasteiger partial charge in [0.25, 0.3) is 0 Å². The second kappa shape index (κ2) is 9.82. The first-order valence-electron chi connectivity index (χ1n) is 9.83. The van der Waals surface area contributed by atoms with E-state index in [2.05, 4.69) is 21.7 Å². The summed E-state index contributed by atoms with van der Waals surface area (Å²) in [5.74, 6) is 0.839. The average molecular weight is 409 g/mol. The summed E-state index contributed by atoms with van der Waals surface area (Å²) >= 11 is 0. The minimum absolute atomic E-state index is 0.129. The first-order chi connectivity index (χ1) is 14.5. The van der Waals surface area contributed by atoms with E-state index in [1.165, 1.54) is 6.92 Å². The highest BCUT2D eigenvalue weighted by molar-refractivity contribution is 5.85. The highest BCUT2D eigenvalue weighted by Gasteiger charge is 2.24. The van der Waals surface area contributed by atoms with Gasteiger partial charge in [0.2, 0.25) is 11.8 Å². The summed E-state index contributed by atoms with van der Waals surface area (Å²) in [7, 11) is 3.21. The van der Waals surface area contributed by atoms with E-state index in [4.69, 9.17) is 9.47 Å². The van der Waals surface area contributed by atoms with Crippen molar-refractivity contribution in [2.24, 2.45) is 0 Å². The van der Waals surface area contributed by atoms with Gasteiger partial charge >= 0.3 is 0 Å². The standard InChI is InChI=1S/C23H27N3O4/c1-15(27)24-12-11-22(28)26-14-19(17-8-6-10-21(29-2)23(17)30-3)18-13-25-20-9-5-4-7-16(18)20/h4-10,13,19,25H,11-12,14H2,1-3H3,(H,24,27)(H,26,28). The molecule has 1 aromatic heterocycles. The number of rotatable bonds is 9. The number of hydrogen-bond donors (Lipinski definition) is 3. The van der Waals surface area contributed by atoms with E-state index in [9.17, 15) is 9.59 Å². The lowest BCUT2D eigenvalue weighted by atomic mass is 9.89. The number of para-hydroxylation sites is 2. The summed E-state index contributed by atoms with van der Waals surface area (Å²) in [5, 5.41) is 6.72. The fourth-order valence-corrected chi connectivity index (χ4v) is 3.61. The Labute approximate surface area is 175 Å². The molecule has 7 nitrogen and oxygen atoms in total. The molecule has 0 aliphatic heterocycles. The van der Waals surface area contributed by atoms with E-state index in [-0.39, 0.29) is 24.2 Å². The number of nitrogens with one attached hydrogen (secondary N) is 3. The maximum Gasteiger partial charge on any atom is 0.221 e. The molecule has 30 heavy (non-hydrogen) atoms. The predicted octanol–water partition coefficient (Wildman–Crippen LogP) is 2.96. The lowest BCUT2D eigenvalue weighted by Crippen LogP contribution is -2.32. The number of fused-ring (bicyclic) bond motifs is 1. The quantitative estimate of drug-likeness (QED) is 0.507. The van der Waals surface area contributed by atoms with E-state index in [0.717, 1.165) is 22.0 Å². The molecular formula is C23H27N3O4. The smallest absolute Gasteiger partial charge is 0.221 e. The molecule has 3 aromatic rings. The molecule has 2 aromatic carbocycles. The van der Waals surface area contributed by atoms with Crippen LogP contribution in [0.2, 0.25) is 0 Å². The molecule has 158 valence electrons. The van der Waals surface area contributed by atoms with Crippen molar-refractivity contribution in [1.29, 1.82) is 0 Å². The van der Waals surface area contributed by atoms with Crippen LogP contribution >= 0.6 is 0 Å². The van der Waals surface area contributed by atoms with Gasteiger partial charge in [0, 0.05) is 55.0 Å². The summed E-state index contributed by atoms with van der Waals surface area (Å²) in [6.07, 6.45) is 2.19. The summed E-state index contributed by atoms with van der Waals surface area (Å²) < 4.78 is 11.1. The van der Waals surface area contributed by atoms with Crippen molar-refractivity contribution in [3.63, 3.8) is 0 Å². The van der Waals surface area contributed by atoms with Crippen LogP contribution in [0.3, 0.4) is 0 Å². The van der Waals surface area contributed by atoms with Crippen LogP contribution in [0, 0.1) is 0 Å². The summed E-state index contributed by atoms with van der Waals surface area (Å²) in [6, 6.07) is 13.8. The van der Waals surface area contributed by atoms with E-state index in [1.807, 2.05) is 42.6 Å². The highest BCUT2D eigenvalue weighted by atomic mass is 16.5. The summed E-state index contributed by atoms with van der Waals surface area (Å²) in [5.41, 5.74) is 3.00. The van der Waals surface area contributed by atoms with Crippen LogP contribution in [-0.2, 0) is 9.59 Å². The van der Waals surface area contributed by atoms with Gasteiger partial charge in [-0.3, -0.25) is 9.59 Å². The van der Waals surface area contributed by atoms with E-state index in [0.29, 0.717) is 24.6 Å². The van der Waals surface area contributed by atoms with Gasteiger partial charge in [0.15, 0.2) is 11.5 Å². The Hall–Kier alpha value is -3.48. The van der Waals surface area contributed by atoms with Gasteiger partial charge in [-0.25, -0.2) is 0 Å². The molecule has 0 radical (unpaired) electrons. The third-order valence-corrected chi connectivity index (χ3v) is 5.03. The van der Waals surface area contributed by atoms with Crippen LogP contribution in [0.1, 0.15) is 30.4 Å². The van der Waals surface area contributed by atoms with Gasteiger partial charge in [-0.2, -0.15) is 0 Å². The first kappa shape index (κ1) is 21.2. The Kier molecular flexibility index (Phi) is 6.95. The lowest BCUT2D eigenvalue weighted by molar-refractivity contribution is -0.121. The van der Waals surface area contributed by atoms with E-state index >= 15 is 0 Å². The topological polar surface area (TPSA) is 92.5 Å². The van der Waals surface area contributed by atoms with Crippen LogP contribution in [-0.4, -0.2) is 44.1 Å². The molecule has 1 heterocycles. The van der Waals surface area contributed by atoms with E-state index < -0.39 is 0 Å². The Morgan fingerprint density at radius 3 is 2.53 bits per heavy atom. The van der Waals surface area contributed by atoms with Crippen LogP contribution in [0.5, 0.6) is 11.5 Å². The van der Waals surface area contributed by atoms with Gasteiger partial charge in [0.05, 0.1) is 14.2 Å². The normalized spacial score (nSPS) is 11.7. The van der Waals surface area contributed by atoms with Gasteiger partial charge < -0.3 is 25.1 Å². The summed E-state index contributed by atoms with van der Waals surface area (Å²) in [6.45, 7) is 2.12. The molecule has 0 saturated heterocycles. The van der Waals surface area contributed by atoms with Gasteiger partial charge in [0.1, 0.15) is 0 Å². The molecule has 2 amide bonds. The molecule has 0 fully saturated rings. The number of carbonyl (C=O) groups excluding carboxylic acids is 2. The zero-order valence-corrected chi connectivity index (χ0v) is 17.5. The number of benzene rings is 2. The molecule has 3 N–H and O–H groups in total. The average Bonchev–Trinajstić information content (AvgIpc) is 3.17. The van der Waals surface area contributed by atoms with Crippen molar-refractivity contribution in [1.82, 2.24) is 15.6 Å². The van der Waals surface area contributed by atoms with Crippen LogP contribution in [0.4, 0.5) is 0 Å². The number of H-pyrrole nitrogens is 1. The van der Waals surface area contributed by atoms with Gasteiger partial charge in [-0.05, 0) is 17.7 Å². The fourth-order valence-electron chi connectivity index (χ4n) is 3.61. The molecule has 3 rings (SSSR count). The molecular weight excluding hydrogens is 382 g/mol. The Morgan fingerprint density at radius 2 is 1.80 bits per heavy atom. The SMILES string of the molecule is COc1cccc(C(CNC(=O)CCNC(C)=O)c2c[nH]c3ccccc23)c1OC. The Morgan fingerprint density at radius 1 is 1.00 bits per heavy atom. The Bertz CT molecular complexity index is 1030. The van der Waals surface area contributed by atoms with Crippen LogP contribution in [0.25, 0.3) is 10.9 Å². The zero-order chi connectivity index (χ0) is 21.5. The fraction of sp³-hybridized carbons (Fsp3) is 0.304. The van der Waals surface area contributed by atoms with Gasteiger partial charge in [-0.1, -0.05) is 30.3 Å². The largest absolute Gasteiger partial charge is 0.493 e. The third-order valence-electron chi connectivity index (χ3n) is 5.03. The monoisotopic (exact) mass is 409 g/mol. The number of aromatic nitrogens is 1. The third kappa shape index (κ3) is 4.74. The Balaban J connectivity index is 1.92. The van der Waals surface area contributed by atoms with Crippen molar-refractivity contribution in [3.8, 4) is 11.5 Å². The van der Waals surface area contributed by atoms with Crippen molar-refractivity contribution in [2.45, 2.75) is 19.3 Å². The molecule has 0 bridgehead atoms. The number of aromatic amines is 1. The molecule has 7 heteroatoms. The minimum atomic E-state index is -0.157. The van der Waals surface area contributed by atoms with Crippen molar-refractivity contribution < 1.29 is 19.1 Å². The maximum atomic E-state index is 12.3. The maximum absolute atomic E-state index is 12.3. The minimum Gasteiger partial charge on any atom is -0.493 e. The predicted molar refractivity (Wildman–Crippen MR) is 116 cm³/mol. The van der Waals surface area contributed by atoms with E-state index in [1.54, 1.807) is 14.2 Å². The second-order valence-corrected chi connectivity index (χ2v) is 6.96. The van der Waals surface area contributed by atoms with Crippen LogP contribution in [0.15, 0.2) is 48.7 Å². The lowest BCUT2D eigenvalue weighted by Gasteiger charge is -2.22. The first-order valence-corrected chi connectivity index (χ1v) is 9.83.